The molecule has 0 fully saturated rings. The first-order chi connectivity index (χ1) is 11.7. The third kappa shape index (κ3) is 2.82. The summed E-state index contributed by atoms with van der Waals surface area (Å²) in [5.74, 6) is -0.0965. The molecule has 3 aromatic rings. The van der Waals surface area contributed by atoms with Crippen LogP contribution < -0.4 is 5.56 Å². The maximum Gasteiger partial charge on any atom is 0.272 e. The van der Waals surface area contributed by atoms with E-state index >= 15 is 0 Å². The summed E-state index contributed by atoms with van der Waals surface area (Å²) in [6.45, 7) is 5.54. The van der Waals surface area contributed by atoms with Crippen molar-refractivity contribution in [1.82, 2.24) is 19.1 Å². The first kappa shape index (κ1) is 16.0. The standard InChI is InChI=1S/C18H20N4O2/c1-3-20(4-2)18(24)15-12-16-19-11-10-17(23)22(16)21(15)13-14-8-6-5-7-9-14/h5-12H,3-4,13H2,1-2H3. The molecule has 0 saturated heterocycles. The van der Waals surface area contributed by atoms with Crippen LogP contribution in [0, 0.1) is 0 Å². The van der Waals surface area contributed by atoms with Crippen LogP contribution >= 0.6 is 0 Å². The molecule has 0 unspecified atom stereocenters. The van der Waals surface area contributed by atoms with Crippen LogP contribution in [0.1, 0.15) is 29.9 Å². The third-order valence-corrected chi connectivity index (χ3v) is 4.08. The number of rotatable bonds is 5. The minimum atomic E-state index is -0.200. The Hall–Kier alpha value is -2.89. The van der Waals surface area contributed by atoms with E-state index in [-0.39, 0.29) is 11.5 Å². The number of amides is 1. The fourth-order valence-corrected chi connectivity index (χ4v) is 2.82. The van der Waals surface area contributed by atoms with E-state index in [1.165, 1.54) is 16.8 Å². The summed E-state index contributed by atoms with van der Waals surface area (Å²) in [4.78, 5) is 31.1. The second-order valence-electron chi connectivity index (χ2n) is 5.50. The van der Waals surface area contributed by atoms with E-state index in [2.05, 4.69) is 4.98 Å². The number of fused-ring (bicyclic) bond motifs is 1. The van der Waals surface area contributed by atoms with Gasteiger partial charge in [-0.2, -0.15) is 4.52 Å². The van der Waals surface area contributed by atoms with Crippen LogP contribution in [-0.2, 0) is 6.54 Å². The molecule has 0 atom stereocenters. The molecule has 1 aromatic carbocycles. The Morgan fingerprint density at radius 2 is 1.83 bits per heavy atom. The Kier molecular flexibility index (Phi) is 4.46. The molecule has 6 heteroatoms. The quantitative estimate of drug-likeness (QED) is 0.721. The minimum absolute atomic E-state index is 0.0965. The normalized spacial score (nSPS) is 10.9. The number of carbonyl (C=O) groups excluding carboxylic acids is 1. The molecular formula is C18H20N4O2. The van der Waals surface area contributed by atoms with Crippen LogP contribution in [0.25, 0.3) is 5.65 Å². The summed E-state index contributed by atoms with van der Waals surface area (Å²) >= 11 is 0. The topological polar surface area (TPSA) is 59.6 Å². The molecule has 0 spiro atoms. The van der Waals surface area contributed by atoms with E-state index in [9.17, 15) is 9.59 Å². The number of hydrogen-bond acceptors (Lipinski definition) is 3. The molecule has 3 rings (SSSR count). The summed E-state index contributed by atoms with van der Waals surface area (Å²) in [6, 6.07) is 12.8. The van der Waals surface area contributed by atoms with Gasteiger partial charge in [-0.1, -0.05) is 30.3 Å². The minimum Gasteiger partial charge on any atom is -0.338 e. The lowest BCUT2D eigenvalue weighted by Crippen LogP contribution is -2.33. The molecule has 2 heterocycles. The molecule has 0 saturated carbocycles. The number of aromatic nitrogens is 3. The van der Waals surface area contributed by atoms with Crippen LogP contribution in [-0.4, -0.2) is 38.1 Å². The van der Waals surface area contributed by atoms with Gasteiger partial charge in [-0.15, -0.1) is 0 Å². The average molecular weight is 324 g/mol. The fourth-order valence-electron chi connectivity index (χ4n) is 2.82. The predicted octanol–water partition coefficient (Wildman–Crippen LogP) is 2.03. The van der Waals surface area contributed by atoms with Gasteiger partial charge < -0.3 is 4.90 Å². The van der Waals surface area contributed by atoms with Gasteiger partial charge in [-0.05, 0) is 19.4 Å². The van der Waals surface area contributed by atoms with Crippen molar-refractivity contribution in [2.24, 2.45) is 0 Å². The second-order valence-corrected chi connectivity index (χ2v) is 5.50. The molecule has 1 amide bonds. The molecule has 0 radical (unpaired) electrons. The van der Waals surface area contributed by atoms with Gasteiger partial charge in [0.05, 0.1) is 6.54 Å². The zero-order valence-corrected chi connectivity index (χ0v) is 13.8. The zero-order chi connectivity index (χ0) is 17.1. The van der Waals surface area contributed by atoms with E-state index in [4.69, 9.17) is 0 Å². The van der Waals surface area contributed by atoms with Gasteiger partial charge in [0.1, 0.15) is 5.69 Å². The largest absolute Gasteiger partial charge is 0.338 e. The van der Waals surface area contributed by atoms with Crippen molar-refractivity contribution in [3.8, 4) is 0 Å². The smallest absolute Gasteiger partial charge is 0.272 e. The van der Waals surface area contributed by atoms with Crippen LogP contribution in [0.3, 0.4) is 0 Å². The molecule has 0 aliphatic heterocycles. The molecule has 124 valence electrons. The highest BCUT2D eigenvalue weighted by molar-refractivity contribution is 5.93. The highest BCUT2D eigenvalue weighted by Gasteiger charge is 2.21. The lowest BCUT2D eigenvalue weighted by Gasteiger charge is -2.19. The number of carbonyl (C=O) groups is 1. The Balaban J connectivity index is 2.18. The van der Waals surface area contributed by atoms with Gasteiger partial charge in [-0.25, -0.2) is 4.98 Å². The van der Waals surface area contributed by atoms with Crippen molar-refractivity contribution in [3.63, 3.8) is 0 Å². The highest BCUT2D eigenvalue weighted by Crippen LogP contribution is 2.13. The van der Waals surface area contributed by atoms with Crippen LogP contribution in [0.2, 0.25) is 0 Å². The van der Waals surface area contributed by atoms with Crippen molar-refractivity contribution in [1.29, 1.82) is 0 Å². The van der Waals surface area contributed by atoms with E-state index in [0.29, 0.717) is 31.0 Å². The molecule has 0 N–H and O–H groups in total. The van der Waals surface area contributed by atoms with Gasteiger partial charge in [0.15, 0.2) is 5.65 Å². The van der Waals surface area contributed by atoms with Gasteiger partial charge >= 0.3 is 0 Å². The SMILES string of the molecule is CCN(CC)C(=O)c1cc2nccc(=O)n2n1Cc1ccccc1. The van der Waals surface area contributed by atoms with Gasteiger partial charge in [0.2, 0.25) is 0 Å². The summed E-state index contributed by atoms with van der Waals surface area (Å²) < 4.78 is 3.17. The Morgan fingerprint density at radius 1 is 1.12 bits per heavy atom. The first-order valence-corrected chi connectivity index (χ1v) is 8.06. The van der Waals surface area contributed by atoms with E-state index in [1.54, 1.807) is 15.6 Å². The fraction of sp³-hybridized carbons (Fsp3) is 0.278. The second kappa shape index (κ2) is 6.70. The van der Waals surface area contributed by atoms with E-state index in [0.717, 1.165) is 5.56 Å². The monoisotopic (exact) mass is 324 g/mol. The maximum atomic E-state index is 12.9. The zero-order valence-electron chi connectivity index (χ0n) is 13.8. The van der Waals surface area contributed by atoms with Crippen molar-refractivity contribution in [3.05, 3.63) is 70.3 Å². The average Bonchev–Trinajstić information content (AvgIpc) is 2.96. The number of hydrogen-bond donors (Lipinski definition) is 0. The van der Waals surface area contributed by atoms with E-state index < -0.39 is 0 Å². The predicted molar refractivity (Wildman–Crippen MR) is 92.2 cm³/mol. The Morgan fingerprint density at radius 3 is 2.50 bits per heavy atom. The molecular weight excluding hydrogens is 304 g/mol. The summed E-state index contributed by atoms with van der Waals surface area (Å²) in [5.41, 5.74) is 1.76. The van der Waals surface area contributed by atoms with Gasteiger partial charge in [0, 0.05) is 31.4 Å². The number of benzene rings is 1. The Bertz CT molecular complexity index is 908. The van der Waals surface area contributed by atoms with Crippen molar-refractivity contribution < 1.29 is 4.79 Å². The molecule has 6 nitrogen and oxygen atoms in total. The van der Waals surface area contributed by atoms with Crippen molar-refractivity contribution >= 4 is 11.6 Å². The van der Waals surface area contributed by atoms with Gasteiger partial charge in [-0.3, -0.25) is 14.3 Å². The first-order valence-electron chi connectivity index (χ1n) is 8.06. The van der Waals surface area contributed by atoms with Crippen LogP contribution in [0.5, 0.6) is 0 Å². The van der Waals surface area contributed by atoms with E-state index in [1.807, 2.05) is 44.2 Å². The Labute approximate surface area is 139 Å². The summed E-state index contributed by atoms with van der Waals surface area (Å²) in [7, 11) is 0. The molecule has 24 heavy (non-hydrogen) atoms. The molecule has 2 aromatic heterocycles. The highest BCUT2D eigenvalue weighted by atomic mass is 16.2. The molecule has 0 aliphatic rings. The third-order valence-electron chi connectivity index (χ3n) is 4.08. The lowest BCUT2D eigenvalue weighted by atomic mass is 10.2. The van der Waals surface area contributed by atoms with Crippen molar-refractivity contribution in [2.45, 2.75) is 20.4 Å². The number of nitrogens with zero attached hydrogens (tertiary/aromatic N) is 4. The lowest BCUT2D eigenvalue weighted by molar-refractivity contribution is 0.0760. The van der Waals surface area contributed by atoms with Crippen LogP contribution in [0.4, 0.5) is 0 Å². The van der Waals surface area contributed by atoms with Crippen LogP contribution in [0.15, 0.2) is 53.5 Å². The van der Waals surface area contributed by atoms with Gasteiger partial charge in [0.25, 0.3) is 11.5 Å². The summed E-state index contributed by atoms with van der Waals surface area (Å²) in [5, 5.41) is 0. The molecule has 0 aliphatic carbocycles. The maximum absolute atomic E-state index is 12.9. The van der Waals surface area contributed by atoms with Crippen molar-refractivity contribution in [2.75, 3.05) is 13.1 Å². The summed E-state index contributed by atoms with van der Waals surface area (Å²) in [6.07, 6.45) is 1.47. The molecule has 0 bridgehead atoms.